The van der Waals surface area contributed by atoms with E-state index in [9.17, 15) is 9.59 Å². The van der Waals surface area contributed by atoms with Gasteiger partial charge in [-0.15, -0.1) is 0 Å². The van der Waals surface area contributed by atoms with Crippen LogP contribution < -0.4 is 4.74 Å². The molecule has 2 aromatic carbocycles. The van der Waals surface area contributed by atoms with Gasteiger partial charge in [0.05, 0.1) is 36.4 Å². The van der Waals surface area contributed by atoms with Crippen molar-refractivity contribution in [1.82, 2.24) is 14.7 Å². The van der Waals surface area contributed by atoms with Crippen LogP contribution in [0, 0.1) is 0 Å². The normalized spacial score (nSPS) is 17.5. The number of carbonyl (C=O) groups excluding carboxylic acids is 2. The van der Waals surface area contributed by atoms with E-state index >= 15 is 0 Å². The number of allylic oxidation sites excluding steroid dienone is 1. The minimum Gasteiger partial charge on any atom is -0.497 e. The fourth-order valence-electron chi connectivity index (χ4n) is 4.43. The van der Waals surface area contributed by atoms with Gasteiger partial charge in [-0.2, -0.15) is 5.10 Å². The molecule has 0 N–H and O–H groups in total. The average molecular weight is 503 g/mol. The van der Waals surface area contributed by atoms with E-state index in [0.29, 0.717) is 34.3 Å². The first-order chi connectivity index (χ1) is 17.5. The quantitative estimate of drug-likeness (QED) is 0.452. The highest BCUT2D eigenvalue weighted by atomic mass is 32.2. The van der Waals surface area contributed by atoms with Gasteiger partial charge in [-0.05, 0) is 50.2 Å². The maximum Gasteiger partial charge on any atom is 0.338 e. The molecule has 1 fully saturated rings. The molecule has 3 heterocycles. The molecule has 1 saturated heterocycles. The lowest BCUT2D eigenvalue weighted by atomic mass is 9.92. The van der Waals surface area contributed by atoms with Crippen LogP contribution in [0.15, 0.2) is 77.1 Å². The van der Waals surface area contributed by atoms with Crippen LogP contribution in [0.5, 0.6) is 5.75 Å². The molecule has 1 unspecified atom stereocenters. The summed E-state index contributed by atoms with van der Waals surface area (Å²) >= 11 is 1.52. The van der Waals surface area contributed by atoms with Crippen LogP contribution >= 0.6 is 11.8 Å². The number of benzene rings is 2. The number of fused-ring (bicyclic) bond motifs is 1. The summed E-state index contributed by atoms with van der Waals surface area (Å²) in [5.41, 5.74) is 3.96. The van der Waals surface area contributed by atoms with Crippen LogP contribution in [-0.2, 0) is 14.3 Å². The fraction of sp³-hybridized carbons (Fsp3) is 0.259. The highest BCUT2D eigenvalue weighted by Crippen LogP contribution is 2.43. The number of hydrogen-bond donors (Lipinski definition) is 0. The summed E-state index contributed by atoms with van der Waals surface area (Å²) in [6.07, 6.45) is 2.25. The number of amides is 1. The van der Waals surface area contributed by atoms with Gasteiger partial charge in [0.2, 0.25) is 5.91 Å². The third kappa shape index (κ3) is 4.30. The maximum absolute atomic E-state index is 13.3. The van der Waals surface area contributed by atoms with Crippen molar-refractivity contribution in [3.63, 3.8) is 0 Å². The molecular formula is C27H26N4O4S. The SMILES string of the molecule is CCOC(=O)C1=C(C)N=C2SCCC(=O)N2C1c1cn(-c2ccccc2)nc1-c1ccc(OC)cc1. The summed E-state index contributed by atoms with van der Waals surface area (Å²) in [6.45, 7) is 3.77. The molecule has 1 aromatic heterocycles. The maximum atomic E-state index is 13.3. The number of hydrogen-bond acceptors (Lipinski definition) is 7. The van der Waals surface area contributed by atoms with E-state index in [1.807, 2.05) is 60.8 Å². The number of thioether (sulfide) groups is 1. The summed E-state index contributed by atoms with van der Waals surface area (Å²) in [4.78, 5) is 32.8. The molecule has 8 nitrogen and oxygen atoms in total. The Kier molecular flexibility index (Phi) is 6.65. The van der Waals surface area contributed by atoms with Gasteiger partial charge in [-0.1, -0.05) is 30.0 Å². The largest absolute Gasteiger partial charge is 0.497 e. The standard InChI is InChI=1S/C27H26N4O4S/c1-4-35-26(33)23-17(2)28-27-31(22(32)14-15-36-27)25(23)21-16-30(19-8-6-5-7-9-19)29-24(21)18-10-12-20(34-3)13-11-18/h5-13,16,25H,4,14-15H2,1-3H3. The molecule has 1 amide bonds. The molecule has 0 spiro atoms. The third-order valence-electron chi connectivity index (χ3n) is 6.12. The molecule has 1 atom stereocenters. The van der Waals surface area contributed by atoms with Gasteiger partial charge in [0.25, 0.3) is 0 Å². The molecular weight excluding hydrogens is 476 g/mol. The van der Waals surface area contributed by atoms with Gasteiger partial charge in [0, 0.05) is 29.5 Å². The van der Waals surface area contributed by atoms with E-state index in [4.69, 9.17) is 14.6 Å². The van der Waals surface area contributed by atoms with Crippen molar-refractivity contribution in [2.24, 2.45) is 4.99 Å². The second-order valence-electron chi connectivity index (χ2n) is 8.32. The first kappa shape index (κ1) is 23.9. The van der Waals surface area contributed by atoms with E-state index in [-0.39, 0.29) is 12.5 Å². The lowest BCUT2D eigenvalue weighted by Gasteiger charge is -2.38. The number of rotatable bonds is 6. The van der Waals surface area contributed by atoms with Crippen molar-refractivity contribution in [2.75, 3.05) is 19.5 Å². The van der Waals surface area contributed by atoms with Gasteiger partial charge >= 0.3 is 5.97 Å². The Morgan fingerprint density at radius 3 is 2.58 bits per heavy atom. The van der Waals surface area contributed by atoms with Crippen molar-refractivity contribution in [3.8, 4) is 22.7 Å². The summed E-state index contributed by atoms with van der Waals surface area (Å²) in [5.74, 6) is 0.803. The van der Waals surface area contributed by atoms with E-state index < -0.39 is 12.0 Å². The smallest absolute Gasteiger partial charge is 0.338 e. The monoisotopic (exact) mass is 502 g/mol. The summed E-state index contributed by atoms with van der Waals surface area (Å²) in [7, 11) is 1.62. The highest BCUT2D eigenvalue weighted by molar-refractivity contribution is 8.14. The lowest BCUT2D eigenvalue weighted by molar-refractivity contribution is -0.139. The molecule has 0 aliphatic carbocycles. The summed E-state index contributed by atoms with van der Waals surface area (Å²) in [6, 6.07) is 16.6. The van der Waals surface area contributed by atoms with Crippen LogP contribution in [0.3, 0.4) is 0 Å². The number of amidine groups is 1. The average Bonchev–Trinajstić information content (AvgIpc) is 3.34. The Bertz CT molecular complexity index is 1360. The number of nitrogens with zero attached hydrogens (tertiary/aromatic N) is 4. The third-order valence-corrected chi connectivity index (χ3v) is 7.08. The second-order valence-corrected chi connectivity index (χ2v) is 9.38. The molecule has 184 valence electrons. The lowest BCUT2D eigenvalue weighted by Crippen LogP contribution is -2.45. The highest BCUT2D eigenvalue weighted by Gasteiger charge is 2.43. The zero-order valence-corrected chi connectivity index (χ0v) is 21.1. The Labute approximate surface area is 213 Å². The molecule has 9 heteroatoms. The molecule has 2 aliphatic heterocycles. The van der Waals surface area contributed by atoms with E-state index in [1.165, 1.54) is 11.8 Å². The predicted molar refractivity (Wildman–Crippen MR) is 139 cm³/mol. The van der Waals surface area contributed by atoms with Crippen molar-refractivity contribution in [2.45, 2.75) is 26.3 Å². The van der Waals surface area contributed by atoms with Gasteiger partial charge < -0.3 is 9.47 Å². The molecule has 36 heavy (non-hydrogen) atoms. The molecule has 0 saturated carbocycles. The topological polar surface area (TPSA) is 86.0 Å². The summed E-state index contributed by atoms with van der Waals surface area (Å²) < 4.78 is 12.5. The number of aromatic nitrogens is 2. The second kappa shape index (κ2) is 10.0. The molecule has 2 aliphatic rings. The van der Waals surface area contributed by atoms with Gasteiger partial charge in [-0.3, -0.25) is 9.69 Å². The van der Waals surface area contributed by atoms with Crippen LogP contribution in [0.2, 0.25) is 0 Å². The Morgan fingerprint density at radius 2 is 1.89 bits per heavy atom. The first-order valence-electron chi connectivity index (χ1n) is 11.7. The Morgan fingerprint density at radius 1 is 1.14 bits per heavy atom. The number of esters is 1. The van der Waals surface area contributed by atoms with Gasteiger partial charge in [-0.25, -0.2) is 14.5 Å². The number of methoxy groups -OCH3 is 1. The minimum atomic E-state index is -0.716. The summed E-state index contributed by atoms with van der Waals surface area (Å²) in [5, 5.41) is 5.52. The Hall–Kier alpha value is -3.85. The zero-order valence-electron chi connectivity index (χ0n) is 20.3. The fourth-order valence-corrected chi connectivity index (χ4v) is 5.44. The van der Waals surface area contributed by atoms with Crippen molar-refractivity contribution in [1.29, 1.82) is 0 Å². The molecule has 0 bridgehead atoms. The van der Waals surface area contributed by atoms with Crippen molar-refractivity contribution in [3.05, 3.63) is 77.6 Å². The van der Waals surface area contributed by atoms with E-state index in [1.54, 1.807) is 30.5 Å². The van der Waals surface area contributed by atoms with Crippen LogP contribution in [0.4, 0.5) is 0 Å². The van der Waals surface area contributed by atoms with Gasteiger partial charge in [0.15, 0.2) is 5.17 Å². The number of aliphatic imine (C=N–C) groups is 1. The molecule has 3 aromatic rings. The molecule has 0 radical (unpaired) electrons. The molecule has 5 rings (SSSR count). The van der Waals surface area contributed by atoms with Gasteiger partial charge in [0.1, 0.15) is 11.8 Å². The Balaban J connectivity index is 1.74. The van der Waals surface area contributed by atoms with E-state index in [2.05, 4.69) is 4.99 Å². The van der Waals surface area contributed by atoms with Crippen LogP contribution in [-0.4, -0.2) is 51.2 Å². The minimum absolute atomic E-state index is 0.0834. The number of ether oxygens (including phenoxy) is 2. The van der Waals surface area contributed by atoms with E-state index in [0.717, 1.165) is 22.6 Å². The number of carbonyl (C=O) groups is 2. The van der Waals surface area contributed by atoms with Crippen molar-refractivity contribution >= 4 is 28.8 Å². The number of para-hydroxylation sites is 1. The predicted octanol–water partition coefficient (Wildman–Crippen LogP) is 4.76. The van der Waals surface area contributed by atoms with Crippen molar-refractivity contribution < 1.29 is 19.1 Å². The van der Waals surface area contributed by atoms with Crippen LogP contribution in [0.1, 0.15) is 31.9 Å². The van der Waals surface area contributed by atoms with Crippen LogP contribution in [0.25, 0.3) is 16.9 Å². The first-order valence-corrected chi connectivity index (χ1v) is 12.7. The zero-order chi connectivity index (χ0) is 25.2.